The first kappa shape index (κ1) is 33.4. The largest absolute Gasteiger partial charge is 0.453 e. The fourth-order valence-electron chi connectivity index (χ4n) is 6.97. The first-order valence-electron chi connectivity index (χ1n) is 17.2. The number of benzene rings is 3. The number of aromatic nitrogens is 4. The minimum absolute atomic E-state index is 0.000820. The Labute approximate surface area is 288 Å². The molecule has 3 aromatic carbocycles. The van der Waals surface area contributed by atoms with Gasteiger partial charge in [0.1, 0.15) is 17.7 Å². The number of alkyl carbamates (subject to hydrolysis) is 1. The molecule has 1 aliphatic carbocycles. The van der Waals surface area contributed by atoms with Crippen molar-refractivity contribution in [2.45, 2.75) is 64.0 Å². The van der Waals surface area contributed by atoms with E-state index < -0.39 is 18.1 Å². The van der Waals surface area contributed by atoms with E-state index >= 15 is 8.78 Å². The van der Waals surface area contributed by atoms with E-state index in [2.05, 4.69) is 35.6 Å². The van der Waals surface area contributed by atoms with Crippen molar-refractivity contribution >= 4 is 23.0 Å². The molecule has 2 aliphatic rings. The van der Waals surface area contributed by atoms with E-state index in [4.69, 9.17) is 4.98 Å². The summed E-state index contributed by atoms with van der Waals surface area (Å²) in [5, 5.41) is 8.87. The van der Waals surface area contributed by atoms with E-state index in [1.165, 1.54) is 7.11 Å². The van der Waals surface area contributed by atoms with Crippen molar-refractivity contribution in [1.29, 1.82) is 0 Å². The number of carbonyl (C=O) groups excluding carboxylic acids is 2. The van der Waals surface area contributed by atoms with Gasteiger partial charge in [0.15, 0.2) is 0 Å². The SMILES string of the molecule is COC(=O)N[C@H](C(=O)NCCCCc1nc2ccc(-c3ccc4c(c3)C(F)(F)c3cc(-c5cnc([C@@H]6CCCN6)[nH]5)ccc3-4)cc2[nH]1)C(C)C. The number of aryl methyl sites for hydroxylation is 1. The average Bonchev–Trinajstić information content (AvgIpc) is 3.93. The Morgan fingerprint density at radius 1 is 0.980 bits per heavy atom. The van der Waals surface area contributed by atoms with Gasteiger partial charge in [-0.2, -0.15) is 8.78 Å². The summed E-state index contributed by atoms with van der Waals surface area (Å²) in [6, 6.07) is 15.8. The Morgan fingerprint density at radius 3 is 2.42 bits per heavy atom. The second-order valence-corrected chi connectivity index (χ2v) is 13.4. The predicted octanol–water partition coefficient (Wildman–Crippen LogP) is 6.98. The zero-order chi connectivity index (χ0) is 35.0. The zero-order valence-electron chi connectivity index (χ0n) is 28.3. The summed E-state index contributed by atoms with van der Waals surface area (Å²) in [5.41, 5.74) is 5.65. The zero-order valence-corrected chi connectivity index (χ0v) is 28.3. The molecule has 2 aromatic heterocycles. The van der Waals surface area contributed by atoms with Crippen LogP contribution < -0.4 is 16.0 Å². The van der Waals surface area contributed by atoms with Crippen molar-refractivity contribution in [2.24, 2.45) is 5.92 Å². The topological polar surface area (TPSA) is 137 Å². The van der Waals surface area contributed by atoms with Crippen molar-refractivity contribution in [3.8, 4) is 33.5 Å². The van der Waals surface area contributed by atoms with Gasteiger partial charge in [0.05, 0.1) is 36.1 Å². The molecule has 5 N–H and O–H groups in total. The van der Waals surface area contributed by atoms with E-state index in [1.807, 2.05) is 44.2 Å². The van der Waals surface area contributed by atoms with Crippen molar-refractivity contribution in [1.82, 2.24) is 35.9 Å². The number of halogens is 2. The third-order valence-electron chi connectivity index (χ3n) is 9.71. The molecule has 5 aromatic rings. The van der Waals surface area contributed by atoms with Gasteiger partial charge in [-0.05, 0) is 84.7 Å². The molecule has 0 unspecified atom stereocenters. The first-order valence-corrected chi connectivity index (χ1v) is 17.2. The maximum absolute atomic E-state index is 16.1. The second-order valence-electron chi connectivity index (χ2n) is 13.4. The average molecular weight is 682 g/mol. The molecule has 2 atom stereocenters. The van der Waals surface area contributed by atoms with Gasteiger partial charge in [-0.25, -0.2) is 14.8 Å². The van der Waals surface area contributed by atoms with Gasteiger partial charge in [0, 0.05) is 29.7 Å². The van der Waals surface area contributed by atoms with Crippen LogP contribution in [0.4, 0.5) is 13.6 Å². The van der Waals surface area contributed by atoms with Gasteiger partial charge >= 0.3 is 6.09 Å². The van der Waals surface area contributed by atoms with Crippen LogP contribution in [0.5, 0.6) is 0 Å². The van der Waals surface area contributed by atoms with Gasteiger partial charge in [0.2, 0.25) is 5.91 Å². The fraction of sp³-hybridized carbons (Fsp3) is 0.368. The Balaban J connectivity index is 1.01. The number of alkyl halides is 2. The van der Waals surface area contributed by atoms with Crippen LogP contribution in [0.1, 0.15) is 68.3 Å². The van der Waals surface area contributed by atoms with Gasteiger partial charge in [0.25, 0.3) is 5.92 Å². The lowest BCUT2D eigenvalue weighted by atomic mass is 9.98. The summed E-state index contributed by atoms with van der Waals surface area (Å²) in [6.45, 7) is 5.12. The van der Waals surface area contributed by atoms with Gasteiger partial charge in [-0.3, -0.25) is 4.79 Å². The lowest BCUT2D eigenvalue weighted by molar-refractivity contribution is -0.124. The van der Waals surface area contributed by atoms with Crippen molar-refractivity contribution < 1.29 is 23.1 Å². The molecule has 2 amide bonds. The molecular formula is C38H41F2N7O3. The highest BCUT2D eigenvalue weighted by Crippen LogP contribution is 2.52. The number of methoxy groups -OCH3 is 1. The highest BCUT2D eigenvalue weighted by Gasteiger charge is 2.44. The normalized spacial score (nSPS) is 16.7. The third-order valence-corrected chi connectivity index (χ3v) is 9.71. The van der Waals surface area contributed by atoms with Crippen LogP contribution >= 0.6 is 0 Å². The van der Waals surface area contributed by atoms with Crippen LogP contribution in [0, 0.1) is 5.92 Å². The predicted molar refractivity (Wildman–Crippen MR) is 188 cm³/mol. The molecule has 7 rings (SSSR count). The Kier molecular flexibility index (Phi) is 9.13. The van der Waals surface area contributed by atoms with E-state index in [0.717, 1.165) is 66.2 Å². The maximum Gasteiger partial charge on any atom is 0.407 e. The minimum atomic E-state index is -3.15. The van der Waals surface area contributed by atoms with E-state index in [1.54, 1.807) is 30.5 Å². The van der Waals surface area contributed by atoms with Crippen molar-refractivity contribution in [2.75, 3.05) is 20.2 Å². The fourth-order valence-corrected chi connectivity index (χ4v) is 6.97. The van der Waals surface area contributed by atoms with Gasteiger partial charge in [-0.1, -0.05) is 44.2 Å². The molecule has 1 saturated heterocycles. The summed E-state index contributed by atoms with van der Waals surface area (Å²) in [6.07, 6.45) is 5.37. The number of nitrogens with zero attached hydrogens (tertiary/aromatic N) is 2. The molecule has 0 saturated carbocycles. The highest BCUT2D eigenvalue weighted by molar-refractivity contribution is 5.87. The highest BCUT2D eigenvalue weighted by atomic mass is 19.3. The number of imidazole rings is 2. The molecule has 10 nitrogen and oxygen atoms in total. The number of ether oxygens (including phenoxy) is 1. The number of hydrogen-bond donors (Lipinski definition) is 5. The summed E-state index contributed by atoms with van der Waals surface area (Å²) in [4.78, 5) is 40.1. The number of carbonyl (C=O) groups is 2. The van der Waals surface area contributed by atoms with Crippen LogP contribution in [-0.4, -0.2) is 58.2 Å². The molecule has 50 heavy (non-hydrogen) atoms. The van der Waals surface area contributed by atoms with Crippen LogP contribution in [0.25, 0.3) is 44.5 Å². The standard InChI is InChI=1S/C38H41F2N7O3/c1-21(2)34(47-37(49)50-3)36(48)42-15-5-4-8-33-44-29-14-11-23(19-31(29)45-33)22-9-12-25-26-13-10-24(18-28(26)38(39,40)27(25)17-22)32-20-43-35(46-32)30-7-6-16-41-30/h9-14,17-21,30,34,41H,4-8,15-16H2,1-3H3,(H,42,48)(H,43,46)(H,44,45)(H,47,49)/t30-,34-/m0/s1. The number of hydrogen-bond acceptors (Lipinski definition) is 6. The number of amides is 2. The monoisotopic (exact) mass is 681 g/mol. The van der Waals surface area contributed by atoms with Crippen molar-refractivity contribution in [3.63, 3.8) is 0 Å². The number of H-pyrrole nitrogens is 2. The van der Waals surface area contributed by atoms with Crippen LogP contribution in [-0.2, 0) is 21.9 Å². The molecule has 0 spiro atoms. The minimum Gasteiger partial charge on any atom is -0.453 e. The molecule has 0 bridgehead atoms. The Morgan fingerprint density at radius 2 is 1.70 bits per heavy atom. The van der Waals surface area contributed by atoms with E-state index in [9.17, 15) is 9.59 Å². The summed E-state index contributed by atoms with van der Waals surface area (Å²) in [7, 11) is 1.26. The molecular weight excluding hydrogens is 640 g/mol. The maximum atomic E-state index is 16.1. The molecule has 1 aliphatic heterocycles. The Bertz CT molecular complexity index is 2050. The van der Waals surface area contributed by atoms with Crippen LogP contribution in [0.2, 0.25) is 0 Å². The lowest BCUT2D eigenvalue weighted by Gasteiger charge is -2.20. The smallest absolute Gasteiger partial charge is 0.407 e. The summed E-state index contributed by atoms with van der Waals surface area (Å²) < 4.78 is 36.8. The van der Waals surface area contributed by atoms with Gasteiger partial charge in [-0.15, -0.1) is 0 Å². The van der Waals surface area contributed by atoms with Crippen LogP contribution in [0.3, 0.4) is 0 Å². The number of rotatable bonds is 11. The summed E-state index contributed by atoms with van der Waals surface area (Å²) >= 11 is 0. The number of aromatic amines is 2. The Hall–Kier alpha value is -5.10. The molecule has 1 fully saturated rings. The van der Waals surface area contributed by atoms with Gasteiger partial charge < -0.3 is 30.7 Å². The lowest BCUT2D eigenvalue weighted by Crippen LogP contribution is -2.49. The molecule has 12 heteroatoms. The second kappa shape index (κ2) is 13.7. The molecule has 3 heterocycles. The van der Waals surface area contributed by atoms with Crippen molar-refractivity contribution in [3.05, 3.63) is 83.6 Å². The third kappa shape index (κ3) is 6.47. The number of unbranched alkanes of at least 4 members (excludes halogenated alkanes) is 1. The van der Waals surface area contributed by atoms with E-state index in [-0.39, 0.29) is 29.0 Å². The number of nitrogens with one attached hydrogen (secondary N) is 5. The van der Waals surface area contributed by atoms with Crippen LogP contribution in [0.15, 0.2) is 60.8 Å². The summed E-state index contributed by atoms with van der Waals surface area (Å²) in [5.74, 6) is -1.84. The molecule has 0 radical (unpaired) electrons. The van der Waals surface area contributed by atoms with E-state index in [0.29, 0.717) is 35.2 Å². The quantitative estimate of drug-likeness (QED) is 0.0955. The molecule has 260 valence electrons. The first-order chi connectivity index (χ1) is 24.1. The number of fused-ring (bicyclic) bond motifs is 4.